The van der Waals surface area contributed by atoms with Gasteiger partial charge in [-0.1, -0.05) is 45.7 Å². The summed E-state index contributed by atoms with van der Waals surface area (Å²) in [5, 5.41) is 0.494. The maximum absolute atomic E-state index is 13.0. The minimum Gasteiger partial charge on any atom is -0.166 e. The maximum atomic E-state index is 13.0. The normalized spacial score (nSPS) is 13.6. The molecule has 0 bridgehead atoms. The van der Waals surface area contributed by atoms with Crippen molar-refractivity contribution in [1.29, 1.82) is 0 Å². The summed E-state index contributed by atoms with van der Waals surface area (Å²) in [4.78, 5) is 0.174. The molecule has 0 fully saturated rings. The van der Waals surface area contributed by atoms with Gasteiger partial charge in [0.1, 0.15) is 0 Å². The van der Waals surface area contributed by atoms with E-state index in [1.54, 1.807) is 12.1 Å². The average Bonchev–Trinajstić information content (AvgIpc) is 2.68. The lowest BCUT2D eigenvalue weighted by molar-refractivity contribution is -0.138. The van der Waals surface area contributed by atoms with Crippen LogP contribution in [0.5, 0.6) is 0 Å². The summed E-state index contributed by atoms with van der Waals surface area (Å²) in [6, 6.07) is 7.16. The van der Waals surface area contributed by atoms with E-state index in [0.29, 0.717) is 13.7 Å². The molecule has 0 radical (unpaired) electrons. The molecule has 0 saturated heterocycles. The van der Waals surface area contributed by atoms with Gasteiger partial charge in [0.2, 0.25) is 0 Å². The fourth-order valence-corrected chi connectivity index (χ4v) is 4.17. The fourth-order valence-electron chi connectivity index (χ4n) is 1.62. The molecular formula is C12H6Br2ClF3S. The third kappa shape index (κ3) is 3.35. The van der Waals surface area contributed by atoms with E-state index in [1.807, 2.05) is 0 Å². The van der Waals surface area contributed by atoms with Crippen molar-refractivity contribution in [1.82, 2.24) is 0 Å². The Kier molecular flexibility index (Phi) is 4.65. The van der Waals surface area contributed by atoms with E-state index < -0.39 is 16.6 Å². The number of halogens is 6. The summed E-state index contributed by atoms with van der Waals surface area (Å²) in [6.07, 6.45) is -4.37. The van der Waals surface area contributed by atoms with Gasteiger partial charge < -0.3 is 0 Å². The molecule has 0 N–H and O–H groups in total. The lowest BCUT2D eigenvalue weighted by Crippen LogP contribution is -2.10. The highest BCUT2D eigenvalue weighted by atomic mass is 79.9. The first-order chi connectivity index (χ1) is 8.80. The monoisotopic (exact) mass is 432 g/mol. The van der Waals surface area contributed by atoms with Crippen molar-refractivity contribution < 1.29 is 13.2 Å². The molecular weight excluding hydrogens is 428 g/mol. The molecule has 2 aromatic rings. The Morgan fingerprint density at radius 2 is 1.84 bits per heavy atom. The van der Waals surface area contributed by atoms with Crippen LogP contribution in [0.1, 0.15) is 20.8 Å². The zero-order chi connectivity index (χ0) is 14.2. The molecule has 7 heteroatoms. The number of thiophene rings is 1. The Labute approximate surface area is 133 Å². The van der Waals surface area contributed by atoms with Crippen LogP contribution < -0.4 is 0 Å². The predicted molar refractivity (Wildman–Crippen MR) is 79.2 cm³/mol. The Morgan fingerprint density at radius 1 is 1.21 bits per heavy atom. The van der Waals surface area contributed by atoms with Crippen LogP contribution in [0, 0.1) is 0 Å². The first-order valence-corrected chi connectivity index (χ1v) is 7.96. The van der Waals surface area contributed by atoms with Gasteiger partial charge in [0.15, 0.2) is 0 Å². The smallest absolute Gasteiger partial charge is 0.166 e. The Balaban J connectivity index is 2.47. The summed E-state index contributed by atoms with van der Waals surface area (Å²) >= 11 is 13.8. The molecule has 0 aliphatic heterocycles. The molecule has 19 heavy (non-hydrogen) atoms. The highest BCUT2D eigenvalue weighted by Gasteiger charge is 2.35. The average molecular weight is 435 g/mol. The largest absolute Gasteiger partial charge is 0.416 e. The van der Waals surface area contributed by atoms with Crippen molar-refractivity contribution in [2.24, 2.45) is 0 Å². The highest BCUT2D eigenvalue weighted by molar-refractivity contribution is 9.11. The second-order valence-corrected chi connectivity index (χ2v) is 7.44. The third-order valence-electron chi connectivity index (χ3n) is 2.45. The topological polar surface area (TPSA) is 0 Å². The minimum absolute atomic E-state index is 0.181. The molecule has 2 rings (SSSR count). The van der Waals surface area contributed by atoms with Crippen LogP contribution in [0.4, 0.5) is 13.2 Å². The molecule has 0 aliphatic rings. The molecule has 0 spiro atoms. The zero-order valence-electron chi connectivity index (χ0n) is 9.14. The van der Waals surface area contributed by atoms with Crippen LogP contribution in [-0.4, -0.2) is 0 Å². The predicted octanol–water partition coefficient (Wildman–Crippen LogP) is 6.67. The van der Waals surface area contributed by atoms with Gasteiger partial charge in [-0.15, -0.1) is 11.3 Å². The molecule has 0 amide bonds. The van der Waals surface area contributed by atoms with E-state index >= 15 is 0 Å². The lowest BCUT2D eigenvalue weighted by atomic mass is 10.0. The van der Waals surface area contributed by atoms with Crippen molar-refractivity contribution >= 4 is 54.8 Å². The molecule has 1 atom stereocenters. The molecule has 1 unspecified atom stereocenters. The van der Waals surface area contributed by atoms with Gasteiger partial charge in [0, 0.05) is 4.88 Å². The molecule has 102 valence electrons. The molecule has 1 aromatic heterocycles. The van der Waals surface area contributed by atoms with Crippen LogP contribution in [0.2, 0.25) is 5.02 Å². The van der Waals surface area contributed by atoms with Crippen LogP contribution in [0.3, 0.4) is 0 Å². The van der Waals surface area contributed by atoms with Crippen molar-refractivity contribution in [2.75, 3.05) is 0 Å². The standard InChI is InChI=1S/C12H6Br2ClF3S/c13-10(9-5-8(15)11(14)19-9)6-3-1-2-4-7(6)12(16,17)18/h1-5,10H. The summed E-state index contributed by atoms with van der Waals surface area (Å²) in [6.45, 7) is 0. The number of benzene rings is 1. The van der Waals surface area contributed by atoms with Crippen molar-refractivity contribution in [3.8, 4) is 0 Å². The van der Waals surface area contributed by atoms with Crippen molar-refractivity contribution in [3.05, 3.63) is 55.1 Å². The van der Waals surface area contributed by atoms with Crippen molar-refractivity contribution in [2.45, 2.75) is 11.0 Å². The fraction of sp³-hybridized carbons (Fsp3) is 0.167. The third-order valence-corrected chi connectivity index (χ3v) is 6.28. The Hall–Kier alpha value is -0.0400. The Bertz CT molecular complexity index is 575. The molecule has 1 aromatic carbocycles. The molecule has 1 heterocycles. The second kappa shape index (κ2) is 5.76. The van der Waals surface area contributed by atoms with Gasteiger partial charge in [-0.25, -0.2) is 0 Å². The lowest BCUT2D eigenvalue weighted by Gasteiger charge is -2.16. The van der Waals surface area contributed by atoms with Crippen LogP contribution in [0.25, 0.3) is 0 Å². The van der Waals surface area contributed by atoms with Crippen molar-refractivity contribution in [3.63, 3.8) is 0 Å². The molecule has 0 aliphatic carbocycles. The van der Waals surface area contributed by atoms with E-state index in [2.05, 4.69) is 31.9 Å². The van der Waals surface area contributed by atoms with Gasteiger partial charge >= 0.3 is 6.18 Å². The van der Waals surface area contributed by atoms with E-state index in [-0.39, 0.29) is 5.56 Å². The first-order valence-electron chi connectivity index (χ1n) is 5.05. The molecule has 0 saturated carbocycles. The Morgan fingerprint density at radius 3 is 2.37 bits per heavy atom. The van der Waals surface area contributed by atoms with E-state index in [9.17, 15) is 13.2 Å². The van der Waals surface area contributed by atoms with Gasteiger partial charge in [-0.05, 0) is 33.6 Å². The molecule has 0 nitrogen and oxygen atoms in total. The number of alkyl halides is 4. The maximum Gasteiger partial charge on any atom is 0.416 e. The van der Waals surface area contributed by atoms with E-state index in [1.165, 1.54) is 23.5 Å². The minimum atomic E-state index is -4.37. The summed E-state index contributed by atoms with van der Waals surface area (Å²) in [5.41, 5.74) is -0.460. The quantitative estimate of drug-likeness (QED) is 0.463. The number of rotatable bonds is 2. The number of hydrogen-bond acceptors (Lipinski definition) is 1. The van der Waals surface area contributed by atoms with Gasteiger partial charge in [0.05, 0.1) is 19.2 Å². The summed E-state index contributed by atoms with van der Waals surface area (Å²) < 4.78 is 39.6. The summed E-state index contributed by atoms with van der Waals surface area (Å²) in [7, 11) is 0. The van der Waals surface area contributed by atoms with Gasteiger partial charge in [0.25, 0.3) is 0 Å². The van der Waals surface area contributed by atoms with E-state index in [4.69, 9.17) is 11.6 Å². The SMILES string of the molecule is FC(F)(F)c1ccccc1C(Br)c1cc(Cl)c(Br)s1. The van der Waals surface area contributed by atoms with Crippen LogP contribution in [0.15, 0.2) is 34.1 Å². The second-order valence-electron chi connectivity index (χ2n) is 3.72. The van der Waals surface area contributed by atoms with Crippen LogP contribution in [-0.2, 0) is 6.18 Å². The summed E-state index contributed by atoms with van der Waals surface area (Å²) in [5.74, 6) is 0. The zero-order valence-corrected chi connectivity index (χ0v) is 13.9. The highest BCUT2D eigenvalue weighted by Crippen LogP contribution is 2.44. The van der Waals surface area contributed by atoms with Gasteiger partial charge in [-0.2, -0.15) is 13.2 Å². The number of hydrogen-bond donors (Lipinski definition) is 0. The van der Waals surface area contributed by atoms with E-state index in [0.717, 1.165) is 6.07 Å². The van der Waals surface area contributed by atoms with Crippen LogP contribution >= 0.6 is 54.8 Å². The van der Waals surface area contributed by atoms with Gasteiger partial charge in [-0.3, -0.25) is 0 Å². The first kappa shape index (κ1) is 15.4.